The van der Waals surface area contributed by atoms with Gasteiger partial charge in [0.15, 0.2) is 18.1 Å². The highest BCUT2D eigenvalue weighted by Gasteiger charge is 2.23. The van der Waals surface area contributed by atoms with Crippen molar-refractivity contribution in [3.63, 3.8) is 0 Å². The van der Waals surface area contributed by atoms with Gasteiger partial charge in [-0.1, -0.05) is 30.3 Å². The van der Waals surface area contributed by atoms with Gasteiger partial charge in [-0.2, -0.15) is 0 Å². The van der Waals surface area contributed by atoms with Crippen molar-refractivity contribution in [3.05, 3.63) is 54.1 Å². The SMILES string of the molecule is COc1ccc(NC(=O)[C@@H](N)Cc2ccccc2)cc1OCC(=O)NC1CC1.Cl. The number of rotatable bonds is 9. The Balaban J connectivity index is 0.00000300. The highest BCUT2D eigenvalue weighted by molar-refractivity contribution is 5.95. The average Bonchev–Trinajstić information content (AvgIpc) is 3.51. The fraction of sp³-hybridized carbons (Fsp3) is 0.333. The molecule has 0 radical (unpaired) electrons. The second-order valence-corrected chi connectivity index (χ2v) is 6.78. The molecule has 0 saturated heterocycles. The largest absolute Gasteiger partial charge is 0.493 e. The number of anilines is 1. The summed E-state index contributed by atoms with van der Waals surface area (Å²) in [5.74, 6) is 0.379. The lowest BCUT2D eigenvalue weighted by molar-refractivity contribution is -0.123. The summed E-state index contributed by atoms with van der Waals surface area (Å²) in [4.78, 5) is 24.2. The van der Waals surface area contributed by atoms with Gasteiger partial charge in [0.2, 0.25) is 5.91 Å². The van der Waals surface area contributed by atoms with Gasteiger partial charge in [-0.25, -0.2) is 0 Å². The van der Waals surface area contributed by atoms with Crippen LogP contribution >= 0.6 is 12.4 Å². The monoisotopic (exact) mass is 419 g/mol. The normalized spacial score (nSPS) is 13.6. The zero-order chi connectivity index (χ0) is 19.9. The van der Waals surface area contributed by atoms with Gasteiger partial charge < -0.3 is 25.8 Å². The van der Waals surface area contributed by atoms with Gasteiger partial charge >= 0.3 is 0 Å². The fourth-order valence-corrected chi connectivity index (χ4v) is 2.70. The Kier molecular flexibility index (Phi) is 8.30. The van der Waals surface area contributed by atoms with Crippen LogP contribution in [-0.4, -0.2) is 37.6 Å². The molecule has 1 saturated carbocycles. The van der Waals surface area contributed by atoms with Crippen molar-refractivity contribution in [1.29, 1.82) is 0 Å². The summed E-state index contributed by atoms with van der Waals surface area (Å²) in [5, 5.41) is 5.64. The van der Waals surface area contributed by atoms with E-state index >= 15 is 0 Å². The topological polar surface area (TPSA) is 103 Å². The van der Waals surface area contributed by atoms with E-state index in [1.165, 1.54) is 7.11 Å². The highest BCUT2D eigenvalue weighted by Crippen LogP contribution is 2.30. The highest BCUT2D eigenvalue weighted by atomic mass is 35.5. The van der Waals surface area contributed by atoms with Gasteiger partial charge in [0, 0.05) is 17.8 Å². The quantitative estimate of drug-likeness (QED) is 0.578. The minimum atomic E-state index is -0.682. The number of nitrogens with one attached hydrogen (secondary N) is 2. The van der Waals surface area contributed by atoms with E-state index in [0.29, 0.717) is 23.6 Å². The van der Waals surface area contributed by atoms with Crippen LogP contribution in [0.5, 0.6) is 11.5 Å². The first-order valence-electron chi connectivity index (χ1n) is 9.25. The Bertz CT molecular complexity index is 828. The molecule has 0 aromatic heterocycles. The molecule has 1 aliphatic rings. The van der Waals surface area contributed by atoms with Crippen molar-refractivity contribution in [2.24, 2.45) is 5.73 Å². The van der Waals surface area contributed by atoms with Crippen molar-refractivity contribution < 1.29 is 19.1 Å². The average molecular weight is 420 g/mol. The Hall–Kier alpha value is -2.77. The zero-order valence-electron chi connectivity index (χ0n) is 16.2. The predicted molar refractivity (Wildman–Crippen MR) is 114 cm³/mol. The number of carbonyl (C=O) groups excluding carboxylic acids is 2. The molecular formula is C21H26ClN3O4. The number of hydrogen-bond acceptors (Lipinski definition) is 5. The molecule has 2 aromatic rings. The molecule has 0 heterocycles. The third-order valence-corrected chi connectivity index (χ3v) is 4.37. The lowest BCUT2D eigenvalue weighted by Crippen LogP contribution is -2.37. The van der Waals surface area contributed by atoms with Crippen LogP contribution in [0.15, 0.2) is 48.5 Å². The van der Waals surface area contributed by atoms with Crippen LogP contribution in [0.1, 0.15) is 18.4 Å². The van der Waals surface area contributed by atoms with Gasteiger partial charge in [0.05, 0.1) is 13.2 Å². The third kappa shape index (κ3) is 6.96. The molecule has 156 valence electrons. The van der Waals surface area contributed by atoms with Crippen LogP contribution in [0.3, 0.4) is 0 Å². The minimum absolute atomic E-state index is 0. The number of hydrogen-bond donors (Lipinski definition) is 3. The Morgan fingerprint density at radius 1 is 1.14 bits per heavy atom. The van der Waals surface area contributed by atoms with Crippen LogP contribution in [0.4, 0.5) is 5.69 Å². The van der Waals surface area contributed by atoms with Crippen molar-refractivity contribution in [2.45, 2.75) is 31.3 Å². The van der Waals surface area contributed by atoms with E-state index in [0.717, 1.165) is 18.4 Å². The molecule has 4 N–H and O–H groups in total. The van der Waals surface area contributed by atoms with Crippen molar-refractivity contribution >= 4 is 29.9 Å². The summed E-state index contributed by atoms with van der Waals surface area (Å²) in [5.41, 5.74) is 7.53. The molecule has 29 heavy (non-hydrogen) atoms. The molecule has 7 nitrogen and oxygen atoms in total. The number of methoxy groups -OCH3 is 1. The molecule has 0 unspecified atom stereocenters. The van der Waals surface area contributed by atoms with Crippen LogP contribution in [0.25, 0.3) is 0 Å². The molecule has 2 aromatic carbocycles. The van der Waals surface area contributed by atoms with Gasteiger partial charge in [0.25, 0.3) is 5.91 Å². The maximum absolute atomic E-state index is 12.4. The first kappa shape index (κ1) is 22.5. The summed E-state index contributed by atoms with van der Waals surface area (Å²) in [6, 6.07) is 14.2. The molecule has 1 aliphatic carbocycles. The number of ether oxygens (including phenoxy) is 2. The van der Waals surface area contributed by atoms with E-state index in [2.05, 4.69) is 10.6 Å². The number of nitrogens with two attached hydrogens (primary N) is 1. The standard InChI is InChI=1S/C21H25N3O4.ClH/c1-27-18-10-9-16(12-19(18)28-13-20(25)23-15-7-8-15)24-21(26)17(22)11-14-5-3-2-4-6-14;/h2-6,9-10,12,15,17H,7-8,11,13,22H2,1H3,(H,23,25)(H,24,26);1H/t17-;/m0./s1. The number of benzene rings is 2. The van der Waals surface area contributed by atoms with Crippen molar-refractivity contribution in [3.8, 4) is 11.5 Å². The molecule has 8 heteroatoms. The van der Waals surface area contributed by atoms with Gasteiger partial charge in [0.1, 0.15) is 0 Å². The van der Waals surface area contributed by atoms with E-state index in [9.17, 15) is 9.59 Å². The zero-order valence-corrected chi connectivity index (χ0v) is 17.0. The summed E-state index contributed by atoms with van der Waals surface area (Å²) in [6.07, 6.45) is 2.47. The van der Waals surface area contributed by atoms with Crippen LogP contribution in [-0.2, 0) is 16.0 Å². The number of halogens is 1. The van der Waals surface area contributed by atoms with Gasteiger partial charge in [-0.3, -0.25) is 9.59 Å². The molecule has 1 fully saturated rings. The second kappa shape index (κ2) is 10.7. The smallest absolute Gasteiger partial charge is 0.258 e. The summed E-state index contributed by atoms with van der Waals surface area (Å²) < 4.78 is 10.8. The van der Waals surface area contributed by atoms with Gasteiger partial charge in [-0.15, -0.1) is 12.4 Å². The van der Waals surface area contributed by atoms with Crippen molar-refractivity contribution in [1.82, 2.24) is 5.32 Å². The predicted octanol–water partition coefficient (Wildman–Crippen LogP) is 2.28. The molecule has 0 bridgehead atoms. The first-order chi connectivity index (χ1) is 13.5. The third-order valence-electron chi connectivity index (χ3n) is 4.37. The lowest BCUT2D eigenvalue weighted by Gasteiger charge is -2.15. The molecule has 3 rings (SSSR count). The molecule has 0 spiro atoms. The van der Waals surface area contributed by atoms with Crippen LogP contribution < -0.4 is 25.8 Å². The maximum Gasteiger partial charge on any atom is 0.258 e. The van der Waals surface area contributed by atoms with E-state index in [1.54, 1.807) is 18.2 Å². The van der Waals surface area contributed by atoms with Crippen LogP contribution in [0, 0.1) is 0 Å². The van der Waals surface area contributed by atoms with E-state index in [1.807, 2.05) is 30.3 Å². The summed E-state index contributed by atoms with van der Waals surface area (Å²) in [6.45, 7) is -0.113. The summed E-state index contributed by atoms with van der Waals surface area (Å²) >= 11 is 0. The van der Waals surface area contributed by atoms with Gasteiger partial charge in [-0.05, 0) is 37.0 Å². The van der Waals surface area contributed by atoms with Crippen molar-refractivity contribution in [2.75, 3.05) is 19.0 Å². The van der Waals surface area contributed by atoms with E-state index in [4.69, 9.17) is 15.2 Å². The molecule has 0 aliphatic heterocycles. The first-order valence-corrected chi connectivity index (χ1v) is 9.25. The van der Waals surface area contributed by atoms with E-state index < -0.39 is 6.04 Å². The number of amides is 2. The minimum Gasteiger partial charge on any atom is -0.493 e. The molecular weight excluding hydrogens is 394 g/mol. The summed E-state index contributed by atoms with van der Waals surface area (Å²) in [7, 11) is 1.51. The molecule has 1 atom stereocenters. The Morgan fingerprint density at radius 3 is 2.52 bits per heavy atom. The fourth-order valence-electron chi connectivity index (χ4n) is 2.70. The van der Waals surface area contributed by atoms with E-state index in [-0.39, 0.29) is 36.9 Å². The maximum atomic E-state index is 12.4. The van der Waals surface area contributed by atoms with Crippen LogP contribution in [0.2, 0.25) is 0 Å². The Labute approximate surface area is 176 Å². The number of carbonyl (C=O) groups is 2. The Morgan fingerprint density at radius 2 is 1.86 bits per heavy atom. The lowest BCUT2D eigenvalue weighted by atomic mass is 10.1. The molecule has 2 amide bonds. The second-order valence-electron chi connectivity index (χ2n) is 6.78.